The number of benzene rings is 4. The van der Waals surface area contributed by atoms with E-state index in [1.165, 1.54) is 12.5 Å². The highest BCUT2D eigenvalue weighted by molar-refractivity contribution is 5.73. The van der Waals surface area contributed by atoms with Crippen LogP contribution >= 0.6 is 0 Å². The first-order valence-electron chi connectivity index (χ1n) is 12.6. The van der Waals surface area contributed by atoms with Gasteiger partial charge in [-0.3, -0.25) is 4.79 Å². The molecule has 0 aliphatic heterocycles. The van der Waals surface area contributed by atoms with E-state index in [4.69, 9.17) is 4.74 Å². The van der Waals surface area contributed by atoms with Crippen LogP contribution < -0.4 is 4.57 Å². The minimum absolute atomic E-state index is 0.110. The lowest BCUT2D eigenvalue weighted by atomic mass is 9.96. The van der Waals surface area contributed by atoms with Crippen LogP contribution in [0.4, 0.5) is 0 Å². The molecule has 0 aliphatic rings. The van der Waals surface area contributed by atoms with Crippen molar-refractivity contribution in [3.05, 3.63) is 139 Å². The van der Waals surface area contributed by atoms with Crippen LogP contribution in [0.15, 0.2) is 133 Å². The van der Waals surface area contributed by atoms with E-state index in [-0.39, 0.29) is 18.6 Å². The van der Waals surface area contributed by atoms with E-state index >= 15 is 0 Å². The highest BCUT2D eigenvalue weighted by Crippen LogP contribution is 2.31. The molecule has 1 aromatic heterocycles. The van der Waals surface area contributed by atoms with Gasteiger partial charge in [-0.15, -0.1) is 0 Å². The predicted octanol–water partition coefficient (Wildman–Crippen LogP) is 7.32. The van der Waals surface area contributed by atoms with Crippen LogP contribution in [-0.4, -0.2) is 12.6 Å². The van der Waals surface area contributed by atoms with Crippen molar-refractivity contribution in [3.63, 3.8) is 0 Å². The van der Waals surface area contributed by atoms with Crippen LogP contribution in [0.1, 0.15) is 18.5 Å². The van der Waals surface area contributed by atoms with E-state index < -0.39 is 0 Å². The van der Waals surface area contributed by atoms with Gasteiger partial charge in [-0.25, -0.2) is 0 Å². The second kappa shape index (κ2) is 11.5. The molecule has 0 spiro atoms. The molecule has 0 saturated carbocycles. The number of aromatic nitrogens is 1. The summed E-state index contributed by atoms with van der Waals surface area (Å²) in [5, 5.41) is 0. The van der Waals surface area contributed by atoms with Crippen molar-refractivity contribution in [2.24, 2.45) is 0 Å². The first-order chi connectivity index (χ1) is 18.2. The summed E-state index contributed by atoms with van der Waals surface area (Å²) >= 11 is 0. The Bertz CT molecular complexity index is 1390. The Hall–Kier alpha value is -4.50. The molecule has 37 heavy (non-hydrogen) atoms. The summed E-state index contributed by atoms with van der Waals surface area (Å²) in [6.45, 7) is 1.75. The van der Waals surface area contributed by atoms with Gasteiger partial charge in [0.2, 0.25) is 11.4 Å². The molecule has 1 unspecified atom stereocenters. The van der Waals surface area contributed by atoms with Crippen molar-refractivity contribution in [3.8, 4) is 33.6 Å². The molecule has 5 rings (SSSR count). The fourth-order valence-corrected chi connectivity index (χ4v) is 4.78. The number of pyridine rings is 1. The van der Waals surface area contributed by atoms with Crippen LogP contribution in [0.25, 0.3) is 33.6 Å². The third-order valence-corrected chi connectivity index (χ3v) is 6.51. The number of esters is 1. The first-order valence-corrected chi connectivity index (χ1v) is 12.6. The predicted molar refractivity (Wildman–Crippen MR) is 149 cm³/mol. The van der Waals surface area contributed by atoms with Crippen LogP contribution in [-0.2, 0) is 16.0 Å². The zero-order valence-corrected chi connectivity index (χ0v) is 21.0. The van der Waals surface area contributed by atoms with Gasteiger partial charge in [0, 0.05) is 36.6 Å². The third-order valence-electron chi connectivity index (χ3n) is 6.51. The molecule has 0 fully saturated rings. The highest BCUT2D eigenvalue weighted by Gasteiger charge is 2.31. The van der Waals surface area contributed by atoms with Crippen LogP contribution in [0.5, 0.6) is 0 Å². The monoisotopic (exact) mass is 484 g/mol. The van der Waals surface area contributed by atoms with Crippen LogP contribution in [0.3, 0.4) is 0 Å². The van der Waals surface area contributed by atoms with Gasteiger partial charge < -0.3 is 4.74 Å². The van der Waals surface area contributed by atoms with Crippen molar-refractivity contribution in [2.75, 3.05) is 6.61 Å². The van der Waals surface area contributed by atoms with E-state index in [1.54, 1.807) is 0 Å². The van der Waals surface area contributed by atoms with E-state index in [0.717, 1.165) is 40.1 Å². The average Bonchev–Trinajstić information content (AvgIpc) is 2.96. The van der Waals surface area contributed by atoms with E-state index in [0.29, 0.717) is 0 Å². The Balaban J connectivity index is 1.78. The largest absolute Gasteiger partial charge is 0.459 e. The van der Waals surface area contributed by atoms with Crippen molar-refractivity contribution in [2.45, 2.75) is 19.4 Å². The molecule has 3 heteroatoms. The van der Waals surface area contributed by atoms with Crippen LogP contribution in [0.2, 0.25) is 0 Å². The molecule has 182 valence electrons. The molecule has 3 nitrogen and oxygen atoms in total. The van der Waals surface area contributed by atoms with Crippen molar-refractivity contribution in [1.82, 2.24) is 0 Å². The summed E-state index contributed by atoms with van der Waals surface area (Å²) in [4.78, 5) is 11.9. The number of rotatable bonds is 8. The fourth-order valence-electron chi connectivity index (χ4n) is 4.78. The number of hydrogen-bond acceptors (Lipinski definition) is 2. The SMILES string of the molecule is CC(=O)OCC(Cc1ccccc1)[n+]1c(-c2ccccc2)cc(-c2ccccc2)cc1-c1ccccc1. The zero-order valence-electron chi connectivity index (χ0n) is 21.0. The molecule has 1 heterocycles. The van der Waals surface area contributed by atoms with Gasteiger partial charge in [0.25, 0.3) is 0 Å². The Morgan fingerprint density at radius 2 is 1.05 bits per heavy atom. The third kappa shape index (κ3) is 5.84. The molecule has 5 aromatic rings. The maximum atomic E-state index is 11.9. The quantitative estimate of drug-likeness (QED) is 0.171. The smallest absolute Gasteiger partial charge is 0.302 e. The second-order valence-electron chi connectivity index (χ2n) is 9.13. The second-order valence-corrected chi connectivity index (χ2v) is 9.13. The first kappa shape index (κ1) is 24.2. The van der Waals surface area contributed by atoms with Gasteiger partial charge in [0.1, 0.15) is 0 Å². The molecule has 0 N–H and O–H groups in total. The van der Waals surface area contributed by atoms with E-state index in [9.17, 15) is 4.79 Å². The Labute approximate surface area is 218 Å². The van der Waals surface area contributed by atoms with Crippen molar-refractivity contribution < 1.29 is 14.1 Å². The number of ether oxygens (including phenoxy) is 1. The maximum absolute atomic E-state index is 11.9. The Kier molecular flexibility index (Phi) is 7.52. The number of carbonyl (C=O) groups excluding carboxylic acids is 1. The summed E-state index contributed by atoms with van der Waals surface area (Å²) in [5.41, 5.74) is 7.86. The van der Waals surface area contributed by atoms with Gasteiger partial charge in [-0.05, 0) is 41.0 Å². The van der Waals surface area contributed by atoms with Gasteiger partial charge in [-0.1, -0.05) is 97.1 Å². The Morgan fingerprint density at radius 1 is 0.622 bits per heavy atom. The normalized spacial score (nSPS) is 11.6. The van der Waals surface area contributed by atoms with Crippen LogP contribution in [0, 0.1) is 0 Å². The van der Waals surface area contributed by atoms with Gasteiger partial charge in [0.05, 0.1) is 0 Å². The topological polar surface area (TPSA) is 30.2 Å². The fraction of sp³-hybridized carbons (Fsp3) is 0.118. The molecule has 4 aromatic carbocycles. The molecule has 0 aliphatic carbocycles. The summed E-state index contributed by atoms with van der Waals surface area (Å²) in [6, 6.07) is 46.1. The minimum Gasteiger partial charge on any atom is -0.459 e. The summed E-state index contributed by atoms with van der Waals surface area (Å²) in [5.74, 6) is -0.276. The maximum Gasteiger partial charge on any atom is 0.302 e. The van der Waals surface area contributed by atoms with E-state index in [2.05, 4.69) is 114 Å². The molecule has 0 radical (unpaired) electrons. The highest BCUT2D eigenvalue weighted by atomic mass is 16.5. The van der Waals surface area contributed by atoms with Gasteiger partial charge >= 0.3 is 5.97 Å². The van der Waals surface area contributed by atoms with Crippen molar-refractivity contribution in [1.29, 1.82) is 0 Å². The lowest BCUT2D eigenvalue weighted by molar-refractivity contribution is -0.703. The molecule has 0 amide bonds. The summed E-state index contributed by atoms with van der Waals surface area (Å²) < 4.78 is 8.02. The minimum atomic E-state index is -0.276. The molecular weight excluding hydrogens is 454 g/mol. The number of carbonyl (C=O) groups is 1. The number of hydrogen-bond donors (Lipinski definition) is 0. The van der Waals surface area contributed by atoms with E-state index in [1.807, 2.05) is 24.3 Å². The standard InChI is InChI=1S/C34H30NO2/c1-26(36)37-25-32(22-27-14-6-2-7-15-27)35-33(29-18-10-4-11-19-29)23-31(28-16-8-3-9-17-28)24-34(35)30-20-12-5-13-21-30/h2-21,23-24,32H,22,25H2,1H3/q+1. The average molecular weight is 485 g/mol. The van der Waals surface area contributed by atoms with Gasteiger partial charge in [0.15, 0.2) is 12.6 Å². The molecule has 0 bridgehead atoms. The lowest BCUT2D eigenvalue weighted by Gasteiger charge is -2.20. The zero-order chi connectivity index (χ0) is 25.5. The molecule has 1 atom stereocenters. The van der Waals surface area contributed by atoms with Crippen molar-refractivity contribution >= 4 is 5.97 Å². The molecule has 0 saturated heterocycles. The van der Waals surface area contributed by atoms with Gasteiger partial charge in [-0.2, -0.15) is 4.57 Å². The Morgan fingerprint density at radius 3 is 1.51 bits per heavy atom. The lowest BCUT2D eigenvalue weighted by Crippen LogP contribution is -2.47. The summed E-state index contributed by atoms with van der Waals surface area (Å²) in [7, 11) is 0. The molecular formula is C34H30NO2+. The summed E-state index contributed by atoms with van der Waals surface area (Å²) in [6.07, 6.45) is 0.725. The number of nitrogens with zero attached hydrogens (tertiary/aromatic N) is 1.